The van der Waals surface area contributed by atoms with Crippen molar-refractivity contribution >= 4 is 35.0 Å². The molecule has 0 aromatic heterocycles. The van der Waals surface area contributed by atoms with E-state index >= 15 is 0 Å². The highest BCUT2D eigenvalue weighted by Crippen LogP contribution is 2.37. The van der Waals surface area contributed by atoms with Crippen LogP contribution in [0.4, 0.5) is 5.69 Å². The second-order valence-electron chi connectivity index (χ2n) is 6.47. The van der Waals surface area contributed by atoms with Crippen molar-refractivity contribution in [3.8, 4) is 11.5 Å². The third-order valence-electron chi connectivity index (χ3n) is 4.91. The normalized spacial score (nSPS) is 21.2. The largest absolute Gasteiger partial charge is 0.495 e. The Kier molecular flexibility index (Phi) is 5.70. The molecule has 1 heterocycles. The molecular formula is C19H21ClN2O5. The lowest BCUT2D eigenvalue weighted by Gasteiger charge is -2.16. The number of ether oxygens (including phenoxy) is 2. The Morgan fingerprint density at radius 3 is 2.26 bits per heavy atom. The van der Waals surface area contributed by atoms with Crippen LogP contribution in [0.2, 0.25) is 5.02 Å². The number of hydrogen-bond acceptors (Lipinski definition) is 5. The van der Waals surface area contributed by atoms with Crippen molar-refractivity contribution < 1.29 is 23.9 Å². The van der Waals surface area contributed by atoms with Crippen LogP contribution in [-0.2, 0) is 14.4 Å². The Labute approximate surface area is 162 Å². The van der Waals surface area contributed by atoms with E-state index in [4.69, 9.17) is 21.1 Å². The molecule has 0 spiro atoms. The number of nitrogens with zero attached hydrogens (tertiary/aromatic N) is 1. The van der Waals surface area contributed by atoms with Gasteiger partial charge in [-0.25, -0.2) is 0 Å². The molecule has 27 heavy (non-hydrogen) atoms. The van der Waals surface area contributed by atoms with E-state index < -0.39 is 0 Å². The van der Waals surface area contributed by atoms with Crippen molar-refractivity contribution in [1.29, 1.82) is 0 Å². The van der Waals surface area contributed by atoms with Gasteiger partial charge < -0.3 is 14.8 Å². The number of halogens is 1. The monoisotopic (exact) mass is 392 g/mol. The minimum absolute atomic E-state index is 0.00154. The van der Waals surface area contributed by atoms with Gasteiger partial charge in [0.15, 0.2) is 0 Å². The molecule has 3 rings (SSSR count). The molecule has 2 atom stereocenters. The number of imide groups is 1. The second kappa shape index (κ2) is 8.00. The van der Waals surface area contributed by atoms with E-state index in [2.05, 4.69) is 5.32 Å². The number of anilines is 1. The number of amides is 3. The summed E-state index contributed by atoms with van der Waals surface area (Å²) >= 11 is 6.05. The van der Waals surface area contributed by atoms with Gasteiger partial charge in [0, 0.05) is 25.1 Å². The zero-order chi connectivity index (χ0) is 19.6. The zero-order valence-electron chi connectivity index (χ0n) is 15.2. The summed E-state index contributed by atoms with van der Waals surface area (Å²) < 4.78 is 10.4. The van der Waals surface area contributed by atoms with Gasteiger partial charge in [-0.15, -0.1) is 0 Å². The average molecular weight is 393 g/mol. The van der Waals surface area contributed by atoms with Crippen molar-refractivity contribution in [2.24, 2.45) is 11.8 Å². The highest BCUT2D eigenvalue weighted by atomic mass is 35.5. The fourth-order valence-electron chi connectivity index (χ4n) is 3.47. The first kappa shape index (κ1) is 19.2. The number of nitrogens with one attached hydrogen (secondary N) is 1. The van der Waals surface area contributed by atoms with E-state index in [0.29, 0.717) is 35.1 Å². The molecule has 1 aromatic rings. The molecule has 1 aromatic carbocycles. The Bertz CT molecular complexity index is 782. The summed E-state index contributed by atoms with van der Waals surface area (Å²) in [7, 11) is 2.93. The summed E-state index contributed by atoms with van der Waals surface area (Å²) in [5.41, 5.74) is 0.403. The predicted octanol–water partition coefficient (Wildman–Crippen LogP) is 2.64. The zero-order valence-corrected chi connectivity index (χ0v) is 15.9. The number of allylic oxidation sites excluding steroid dienone is 2. The molecule has 0 bridgehead atoms. The van der Waals surface area contributed by atoms with Gasteiger partial charge in [0.2, 0.25) is 17.7 Å². The van der Waals surface area contributed by atoms with Gasteiger partial charge >= 0.3 is 0 Å². The maximum absolute atomic E-state index is 12.4. The van der Waals surface area contributed by atoms with Gasteiger partial charge in [-0.05, 0) is 12.8 Å². The molecule has 8 heteroatoms. The number of fused-ring (bicyclic) bond motifs is 1. The van der Waals surface area contributed by atoms with Crippen LogP contribution in [0.3, 0.4) is 0 Å². The van der Waals surface area contributed by atoms with Crippen LogP contribution in [0, 0.1) is 11.8 Å². The first-order chi connectivity index (χ1) is 13.0. The average Bonchev–Trinajstić information content (AvgIpc) is 2.92. The van der Waals surface area contributed by atoms with Crippen LogP contribution in [0.15, 0.2) is 24.3 Å². The summed E-state index contributed by atoms with van der Waals surface area (Å²) in [6.45, 7) is 0.0591. The SMILES string of the molecule is COc1cc(NC(=O)CCN2C(=O)C3CC=CCC3C2=O)c(OC)cc1Cl. The third-order valence-corrected chi connectivity index (χ3v) is 5.20. The molecule has 3 amide bonds. The minimum Gasteiger partial charge on any atom is -0.495 e. The van der Waals surface area contributed by atoms with Gasteiger partial charge in [0.25, 0.3) is 0 Å². The van der Waals surface area contributed by atoms with E-state index in [0.717, 1.165) is 0 Å². The van der Waals surface area contributed by atoms with Crippen LogP contribution in [0.25, 0.3) is 0 Å². The molecule has 1 aliphatic carbocycles. The van der Waals surface area contributed by atoms with Gasteiger partial charge in [0.1, 0.15) is 11.5 Å². The van der Waals surface area contributed by atoms with E-state index in [1.54, 1.807) is 12.1 Å². The van der Waals surface area contributed by atoms with Crippen LogP contribution < -0.4 is 14.8 Å². The van der Waals surface area contributed by atoms with Gasteiger partial charge in [-0.1, -0.05) is 23.8 Å². The fourth-order valence-corrected chi connectivity index (χ4v) is 3.70. The van der Waals surface area contributed by atoms with E-state index in [1.165, 1.54) is 19.1 Å². The van der Waals surface area contributed by atoms with Gasteiger partial charge in [0.05, 0.1) is 36.8 Å². The number of carbonyl (C=O) groups excluding carboxylic acids is 3. The first-order valence-electron chi connectivity index (χ1n) is 8.67. The third kappa shape index (κ3) is 3.78. The second-order valence-corrected chi connectivity index (χ2v) is 6.88. The van der Waals surface area contributed by atoms with Crippen molar-refractivity contribution in [2.45, 2.75) is 19.3 Å². The highest BCUT2D eigenvalue weighted by Gasteiger charge is 2.46. The Hall–Kier alpha value is -2.54. The summed E-state index contributed by atoms with van der Waals surface area (Å²) in [6.07, 6.45) is 5.03. The molecule has 1 saturated heterocycles. The number of likely N-dealkylation sites (tertiary alicyclic amines) is 1. The van der Waals surface area contributed by atoms with Gasteiger partial charge in [-0.2, -0.15) is 0 Å². The van der Waals surface area contributed by atoms with E-state index in [9.17, 15) is 14.4 Å². The molecular weight excluding hydrogens is 372 g/mol. The maximum Gasteiger partial charge on any atom is 0.233 e. The maximum atomic E-state index is 12.4. The predicted molar refractivity (Wildman–Crippen MR) is 99.9 cm³/mol. The lowest BCUT2D eigenvalue weighted by Crippen LogP contribution is -2.34. The molecule has 7 nitrogen and oxygen atoms in total. The van der Waals surface area contributed by atoms with Crippen LogP contribution in [0.1, 0.15) is 19.3 Å². The molecule has 2 aliphatic rings. The number of carbonyl (C=O) groups is 3. The number of methoxy groups -OCH3 is 2. The lowest BCUT2D eigenvalue weighted by atomic mass is 9.85. The molecule has 2 unspecified atom stereocenters. The topological polar surface area (TPSA) is 84.9 Å². The first-order valence-corrected chi connectivity index (χ1v) is 9.05. The summed E-state index contributed by atoms with van der Waals surface area (Å²) in [6, 6.07) is 3.10. The Morgan fingerprint density at radius 1 is 1.11 bits per heavy atom. The Balaban J connectivity index is 1.64. The fraction of sp³-hybridized carbons (Fsp3) is 0.421. The molecule has 0 radical (unpaired) electrons. The number of benzene rings is 1. The van der Waals surface area contributed by atoms with Crippen molar-refractivity contribution in [1.82, 2.24) is 4.90 Å². The molecule has 1 fully saturated rings. The summed E-state index contributed by atoms with van der Waals surface area (Å²) in [5, 5.41) is 3.07. The molecule has 1 aliphatic heterocycles. The van der Waals surface area contributed by atoms with Crippen LogP contribution >= 0.6 is 11.6 Å². The van der Waals surface area contributed by atoms with Gasteiger partial charge in [-0.3, -0.25) is 19.3 Å². The lowest BCUT2D eigenvalue weighted by molar-refractivity contribution is -0.140. The molecule has 144 valence electrons. The summed E-state index contributed by atoms with van der Waals surface area (Å²) in [4.78, 5) is 38.4. The minimum atomic E-state index is -0.341. The van der Waals surface area contributed by atoms with Crippen LogP contribution in [0.5, 0.6) is 11.5 Å². The number of rotatable bonds is 6. The van der Waals surface area contributed by atoms with Crippen molar-refractivity contribution in [3.63, 3.8) is 0 Å². The highest BCUT2D eigenvalue weighted by molar-refractivity contribution is 6.32. The molecule has 1 N–H and O–H groups in total. The Morgan fingerprint density at radius 2 is 1.70 bits per heavy atom. The van der Waals surface area contributed by atoms with Crippen LogP contribution in [-0.4, -0.2) is 43.4 Å². The molecule has 0 saturated carbocycles. The standard InChI is InChI=1S/C19H21ClN2O5/c1-26-15-10-14(16(27-2)9-13(15)20)21-17(23)7-8-22-18(24)11-5-3-4-6-12(11)19(22)25/h3-4,9-12H,5-8H2,1-2H3,(H,21,23). The smallest absolute Gasteiger partial charge is 0.233 e. The van der Waals surface area contributed by atoms with Crippen molar-refractivity contribution in [2.75, 3.05) is 26.1 Å². The quantitative estimate of drug-likeness (QED) is 0.594. The van der Waals surface area contributed by atoms with Crippen molar-refractivity contribution in [3.05, 3.63) is 29.3 Å². The summed E-state index contributed by atoms with van der Waals surface area (Å²) in [5.74, 6) is -0.502. The van der Waals surface area contributed by atoms with E-state index in [-0.39, 0.29) is 42.5 Å². The number of hydrogen-bond donors (Lipinski definition) is 1. The van der Waals surface area contributed by atoms with E-state index in [1.807, 2.05) is 12.2 Å².